The predicted molar refractivity (Wildman–Crippen MR) is 59.2 cm³/mol. The quantitative estimate of drug-likeness (QED) is 0.477. The van der Waals surface area contributed by atoms with Crippen molar-refractivity contribution >= 4 is 5.87 Å². The molecule has 0 aliphatic carbocycles. The molecule has 0 aromatic heterocycles. The highest BCUT2D eigenvalue weighted by Crippen LogP contribution is 2.01. The molecule has 1 heterocycles. The van der Waals surface area contributed by atoms with E-state index < -0.39 is 0 Å². The molecule has 3 nitrogen and oxygen atoms in total. The van der Waals surface area contributed by atoms with E-state index in [1.165, 1.54) is 32.1 Å². The Morgan fingerprint density at radius 1 is 1.36 bits per heavy atom. The molecule has 0 aromatic carbocycles. The second-order valence-electron chi connectivity index (χ2n) is 3.47. The average molecular weight is 193 g/mol. The first-order valence-electron chi connectivity index (χ1n) is 5.45. The van der Waals surface area contributed by atoms with Crippen LogP contribution in [0.1, 0.15) is 39.0 Å². The lowest BCUT2D eigenvalue weighted by atomic mass is 10.1. The standard InChI is InChI=1S/C11H19N3/c1-2-3-4-5-6-8-12-11-13-9-7-10-14-11/h9,11-13H,2-6,8H2,1H3. The van der Waals surface area contributed by atoms with E-state index in [1.807, 2.05) is 0 Å². The molecule has 1 unspecified atom stereocenters. The van der Waals surface area contributed by atoms with Crippen LogP contribution in [0.3, 0.4) is 0 Å². The van der Waals surface area contributed by atoms with Crippen molar-refractivity contribution in [2.24, 2.45) is 4.99 Å². The Kier molecular flexibility index (Phi) is 5.85. The van der Waals surface area contributed by atoms with Crippen LogP contribution in [0, 0.1) is 0 Å². The highest BCUT2D eigenvalue weighted by Gasteiger charge is 2.01. The number of rotatable bonds is 7. The number of aliphatic imine (C=N–C) groups is 1. The maximum Gasteiger partial charge on any atom is 0.183 e. The van der Waals surface area contributed by atoms with E-state index in [-0.39, 0.29) is 6.29 Å². The highest BCUT2D eigenvalue weighted by atomic mass is 15.2. The smallest absolute Gasteiger partial charge is 0.183 e. The van der Waals surface area contributed by atoms with Crippen molar-refractivity contribution in [3.8, 4) is 0 Å². The van der Waals surface area contributed by atoms with Crippen LogP contribution in [-0.4, -0.2) is 18.7 Å². The van der Waals surface area contributed by atoms with Crippen LogP contribution in [0.25, 0.3) is 0 Å². The van der Waals surface area contributed by atoms with Gasteiger partial charge in [0.1, 0.15) is 0 Å². The van der Waals surface area contributed by atoms with Gasteiger partial charge in [-0.15, -0.1) is 0 Å². The van der Waals surface area contributed by atoms with Crippen LogP contribution >= 0.6 is 0 Å². The van der Waals surface area contributed by atoms with E-state index in [1.54, 1.807) is 6.20 Å². The molecule has 2 N–H and O–H groups in total. The summed E-state index contributed by atoms with van der Waals surface area (Å²) >= 11 is 0. The van der Waals surface area contributed by atoms with Gasteiger partial charge in [-0.1, -0.05) is 32.6 Å². The van der Waals surface area contributed by atoms with E-state index in [0.29, 0.717) is 0 Å². The topological polar surface area (TPSA) is 36.4 Å². The molecule has 3 heteroatoms. The van der Waals surface area contributed by atoms with Gasteiger partial charge in [-0.05, 0) is 18.7 Å². The van der Waals surface area contributed by atoms with Gasteiger partial charge in [0, 0.05) is 5.87 Å². The average Bonchev–Trinajstić information content (AvgIpc) is 2.25. The molecule has 1 aliphatic rings. The predicted octanol–water partition coefficient (Wildman–Crippen LogP) is 1.77. The van der Waals surface area contributed by atoms with E-state index in [0.717, 1.165) is 6.54 Å². The fourth-order valence-corrected chi connectivity index (χ4v) is 1.36. The van der Waals surface area contributed by atoms with E-state index >= 15 is 0 Å². The van der Waals surface area contributed by atoms with Gasteiger partial charge < -0.3 is 5.32 Å². The van der Waals surface area contributed by atoms with Gasteiger partial charge in [-0.25, -0.2) is 0 Å². The molecule has 1 atom stereocenters. The summed E-state index contributed by atoms with van der Waals surface area (Å²) in [5, 5.41) is 6.33. The summed E-state index contributed by atoms with van der Waals surface area (Å²) in [7, 11) is 0. The number of hydrogen-bond donors (Lipinski definition) is 2. The van der Waals surface area contributed by atoms with Crippen molar-refractivity contribution in [1.29, 1.82) is 0 Å². The summed E-state index contributed by atoms with van der Waals surface area (Å²) in [6.07, 6.45) is 8.27. The van der Waals surface area contributed by atoms with Crippen molar-refractivity contribution in [1.82, 2.24) is 10.6 Å². The lowest BCUT2D eigenvalue weighted by molar-refractivity contribution is 0.471. The SMILES string of the molecule is CCCCCCCNC1N=C=C=CN1. The second kappa shape index (κ2) is 7.40. The summed E-state index contributed by atoms with van der Waals surface area (Å²) in [6, 6.07) is 0. The molecule has 14 heavy (non-hydrogen) atoms. The van der Waals surface area contributed by atoms with Crippen LogP contribution in [0.15, 0.2) is 16.9 Å². The van der Waals surface area contributed by atoms with Gasteiger partial charge in [0.15, 0.2) is 6.29 Å². The first-order valence-corrected chi connectivity index (χ1v) is 5.45. The molecule has 1 rings (SSSR count). The first-order chi connectivity index (χ1) is 6.93. The zero-order valence-corrected chi connectivity index (χ0v) is 8.84. The van der Waals surface area contributed by atoms with E-state index in [9.17, 15) is 0 Å². The maximum atomic E-state index is 4.05. The van der Waals surface area contributed by atoms with Gasteiger partial charge in [0.2, 0.25) is 0 Å². The molecular formula is C11H19N3. The Bertz CT molecular complexity index is 235. The first kappa shape index (κ1) is 11.1. The van der Waals surface area contributed by atoms with Crippen LogP contribution in [-0.2, 0) is 0 Å². The van der Waals surface area contributed by atoms with Gasteiger partial charge in [0.25, 0.3) is 0 Å². The molecule has 0 aromatic rings. The molecule has 0 spiro atoms. The highest BCUT2D eigenvalue weighted by molar-refractivity contribution is 5.51. The minimum atomic E-state index is 0.00225. The Balaban J connectivity index is 1.92. The number of hydrogen-bond acceptors (Lipinski definition) is 3. The second-order valence-corrected chi connectivity index (χ2v) is 3.47. The molecule has 0 saturated heterocycles. The third-order valence-electron chi connectivity index (χ3n) is 2.19. The molecule has 0 saturated carbocycles. The van der Waals surface area contributed by atoms with Crippen molar-refractivity contribution in [2.75, 3.05) is 6.54 Å². The van der Waals surface area contributed by atoms with Crippen LogP contribution in [0.4, 0.5) is 0 Å². The summed E-state index contributed by atoms with van der Waals surface area (Å²) in [5.41, 5.74) is 2.74. The van der Waals surface area contributed by atoms with Crippen LogP contribution in [0.2, 0.25) is 0 Å². The van der Waals surface area contributed by atoms with Crippen molar-refractivity contribution in [3.63, 3.8) is 0 Å². The summed E-state index contributed by atoms with van der Waals surface area (Å²) in [6.45, 7) is 3.25. The Labute approximate surface area is 86.0 Å². The molecule has 0 radical (unpaired) electrons. The molecule has 0 amide bonds. The normalized spacial score (nSPS) is 18.5. The zero-order chi connectivity index (χ0) is 10.1. The summed E-state index contributed by atoms with van der Waals surface area (Å²) in [4.78, 5) is 4.05. The van der Waals surface area contributed by atoms with E-state index in [4.69, 9.17) is 0 Å². The van der Waals surface area contributed by atoms with Gasteiger partial charge >= 0.3 is 0 Å². The Morgan fingerprint density at radius 2 is 2.21 bits per heavy atom. The lowest BCUT2D eigenvalue weighted by Crippen LogP contribution is -2.38. The monoisotopic (exact) mass is 193 g/mol. The molecular weight excluding hydrogens is 174 g/mol. The minimum Gasteiger partial charge on any atom is -0.350 e. The van der Waals surface area contributed by atoms with Gasteiger partial charge in [-0.2, -0.15) is 4.99 Å². The number of unbranched alkanes of at least 4 members (excludes halogenated alkanes) is 4. The molecule has 0 fully saturated rings. The number of nitrogens with one attached hydrogen (secondary N) is 2. The van der Waals surface area contributed by atoms with Crippen LogP contribution in [0.5, 0.6) is 0 Å². The Hall–Kier alpha value is -1.01. The summed E-state index contributed by atoms with van der Waals surface area (Å²) < 4.78 is 0. The lowest BCUT2D eigenvalue weighted by Gasteiger charge is -2.13. The third kappa shape index (κ3) is 4.88. The van der Waals surface area contributed by atoms with Crippen molar-refractivity contribution in [2.45, 2.75) is 45.3 Å². The zero-order valence-electron chi connectivity index (χ0n) is 8.84. The summed E-state index contributed by atoms with van der Waals surface area (Å²) in [5.74, 6) is 2.69. The fraction of sp³-hybridized carbons (Fsp3) is 0.727. The minimum absolute atomic E-state index is 0.00225. The fourth-order valence-electron chi connectivity index (χ4n) is 1.36. The number of nitrogens with zero attached hydrogens (tertiary/aromatic N) is 1. The molecule has 0 bridgehead atoms. The van der Waals surface area contributed by atoms with Crippen molar-refractivity contribution < 1.29 is 0 Å². The van der Waals surface area contributed by atoms with Crippen LogP contribution < -0.4 is 10.6 Å². The third-order valence-corrected chi connectivity index (χ3v) is 2.19. The van der Waals surface area contributed by atoms with E-state index in [2.05, 4.69) is 34.2 Å². The van der Waals surface area contributed by atoms with Gasteiger partial charge in [0.05, 0.1) is 6.20 Å². The molecule has 78 valence electrons. The Morgan fingerprint density at radius 3 is 2.93 bits per heavy atom. The maximum absolute atomic E-state index is 4.05. The van der Waals surface area contributed by atoms with Crippen molar-refractivity contribution in [3.05, 3.63) is 11.9 Å². The largest absolute Gasteiger partial charge is 0.350 e. The van der Waals surface area contributed by atoms with Gasteiger partial charge in [-0.3, -0.25) is 5.32 Å². The molecule has 1 aliphatic heterocycles.